The van der Waals surface area contributed by atoms with Crippen LogP contribution in [0.5, 0.6) is 0 Å². The highest BCUT2D eigenvalue weighted by Gasteiger charge is 2.76. The molecule has 8 nitrogen and oxygen atoms in total. The van der Waals surface area contributed by atoms with Gasteiger partial charge in [-0.3, -0.25) is 9.63 Å². The molecule has 154 valence electrons. The van der Waals surface area contributed by atoms with Gasteiger partial charge in [0.15, 0.2) is 11.6 Å². The first kappa shape index (κ1) is 22.1. The molecular formula is C17H15I2N2O6PS. The van der Waals surface area contributed by atoms with Gasteiger partial charge in [0.1, 0.15) is 12.3 Å². The maximum atomic E-state index is 12.0. The second kappa shape index (κ2) is 8.79. The Morgan fingerprint density at radius 2 is 2.14 bits per heavy atom. The minimum Gasteiger partial charge on any atom is -0.443 e. The van der Waals surface area contributed by atoms with Crippen LogP contribution in [0.4, 0.5) is 0 Å². The van der Waals surface area contributed by atoms with Gasteiger partial charge in [0.05, 0.1) is 22.0 Å². The van der Waals surface area contributed by atoms with E-state index in [4.69, 9.17) is 23.9 Å². The van der Waals surface area contributed by atoms with Gasteiger partial charge in [-0.15, -0.1) is 0 Å². The number of allylic oxidation sites excluding steroid dienone is 2. The van der Waals surface area contributed by atoms with Gasteiger partial charge < -0.3 is 19.0 Å². The van der Waals surface area contributed by atoms with E-state index in [0.29, 0.717) is 18.9 Å². The zero-order chi connectivity index (χ0) is 20.5. The van der Waals surface area contributed by atoms with Crippen LogP contribution in [0.2, 0.25) is 0 Å². The Morgan fingerprint density at radius 1 is 1.38 bits per heavy atom. The van der Waals surface area contributed by atoms with Crippen molar-refractivity contribution in [2.24, 2.45) is 5.16 Å². The molecule has 0 radical (unpaired) electrons. The van der Waals surface area contributed by atoms with E-state index in [0.717, 1.165) is 0 Å². The van der Waals surface area contributed by atoms with Crippen LogP contribution in [0.25, 0.3) is 0 Å². The highest BCUT2D eigenvalue weighted by Crippen LogP contribution is 2.64. The van der Waals surface area contributed by atoms with Gasteiger partial charge in [-0.05, 0) is 78.8 Å². The summed E-state index contributed by atoms with van der Waals surface area (Å²) in [5, 5.41) is 7.15. The summed E-state index contributed by atoms with van der Waals surface area (Å²) in [6.45, 7) is 2.34. The Kier molecular flexibility index (Phi) is 6.69. The maximum absolute atomic E-state index is 12.0. The van der Waals surface area contributed by atoms with Gasteiger partial charge in [0, 0.05) is 6.92 Å². The first-order chi connectivity index (χ1) is 13.9. The van der Waals surface area contributed by atoms with Crippen molar-refractivity contribution in [3.63, 3.8) is 0 Å². The summed E-state index contributed by atoms with van der Waals surface area (Å²) in [5.41, 5.74) is 1.37. The molecule has 2 spiro atoms. The molecule has 4 rings (SSSR count). The monoisotopic (exact) mass is 660 g/mol. The lowest BCUT2D eigenvalue weighted by Gasteiger charge is -2.58. The van der Waals surface area contributed by atoms with Crippen molar-refractivity contribution in [1.29, 1.82) is 0 Å². The SMILES string of the molecule is CC(=O)O[C@@]1(C#C/C=C\C#CSP(I)I)CC2(OCCO2)C2=NOC[C@@]23NO[C@@H]13. The van der Waals surface area contributed by atoms with Crippen LogP contribution in [-0.4, -0.2) is 54.5 Å². The lowest BCUT2D eigenvalue weighted by Crippen LogP contribution is -2.85. The number of carbonyl (C=O) groups is 1. The molecule has 0 amide bonds. The van der Waals surface area contributed by atoms with E-state index in [9.17, 15) is 4.79 Å². The minimum absolute atomic E-state index is 0.131. The molecule has 2 saturated heterocycles. The van der Waals surface area contributed by atoms with Crippen molar-refractivity contribution >= 4 is 69.6 Å². The Morgan fingerprint density at radius 3 is 2.79 bits per heavy atom. The number of hydrogen-bond donors (Lipinski definition) is 1. The Balaban J connectivity index is 1.66. The maximum Gasteiger partial charge on any atom is 0.304 e. The summed E-state index contributed by atoms with van der Waals surface area (Å²) >= 11 is 6.25. The number of nitrogens with zero attached hydrogens (tertiary/aromatic N) is 1. The number of fused-ring (bicyclic) bond motifs is 1. The van der Waals surface area contributed by atoms with Crippen LogP contribution >= 0.6 is 57.9 Å². The molecule has 29 heavy (non-hydrogen) atoms. The van der Waals surface area contributed by atoms with Crippen molar-refractivity contribution in [2.45, 2.75) is 36.4 Å². The van der Waals surface area contributed by atoms with Gasteiger partial charge >= 0.3 is 5.97 Å². The van der Waals surface area contributed by atoms with Crippen LogP contribution in [0.1, 0.15) is 13.3 Å². The van der Waals surface area contributed by atoms with Gasteiger partial charge in [0.2, 0.25) is 11.4 Å². The van der Waals surface area contributed by atoms with E-state index in [2.05, 4.69) is 77.7 Å². The summed E-state index contributed by atoms with van der Waals surface area (Å²) < 4.78 is 17.4. The second-order valence-corrected chi connectivity index (χ2v) is 24.2. The van der Waals surface area contributed by atoms with Gasteiger partial charge in [-0.2, -0.15) is 5.48 Å². The van der Waals surface area contributed by atoms with E-state index >= 15 is 0 Å². The third kappa shape index (κ3) is 4.05. The predicted octanol–water partition coefficient (Wildman–Crippen LogP) is 2.81. The molecule has 0 aromatic carbocycles. The van der Waals surface area contributed by atoms with Crippen molar-refractivity contribution in [3.05, 3.63) is 12.2 Å². The normalized spacial score (nSPS) is 33.5. The summed E-state index contributed by atoms with van der Waals surface area (Å²) in [5.74, 6) is 7.28. The Hall–Kier alpha value is -0.120. The topological polar surface area (TPSA) is 87.6 Å². The molecular weight excluding hydrogens is 645 g/mol. The molecule has 4 aliphatic rings. The average Bonchev–Trinajstić information content (AvgIpc) is 3.27. The zero-order valence-electron chi connectivity index (χ0n) is 15.1. The fourth-order valence-electron chi connectivity index (χ4n) is 3.83. The fraction of sp³-hybridized carbons (Fsp3) is 0.529. The van der Waals surface area contributed by atoms with E-state index in [-0.39, 0.29) is 15.4 Å². The minimum atomic E-state index is -1.29. The van der Waals surface area contributed by atoms with Crippen molar-refractivity contribution < 1.29 is 28.7 Å². The third-order valence-electron chi connectivity index (χ3n) is 4.74. The number of ether oxygens (including phenoxy) is 3. The van der Waals surface area contributed by atoms with Gasteiger partial charge in [-0.25, -0.2) is 0 Å². The molecule has 3 fully saturated rings. The van der Waals surface area contributed by atoms with Crippen LogP contribution in [-0.2, 0) is 28.7 Å². The number of hydrogen-bond acceptors (Lipinski definition) is 9. The summed E-state index contributed by atoms with van der Waals surface area (Å²) in [7, 11) is 0. The van der Waals surface area contributed by atoms with E-state index < -0.39 is 29.0 Å². The van der Waals surface area contributed by atoms with Crippen LogP contribution < -0.4 is 5.48 Å². The first-order valence-electron chi connectivity index (χ1n) is 8.51. The zero-order valence-corrected chi connectivity index (χ0v) is 21.1. The Bertz CT molecular complexity index is 888. The van der Waals surface area contributed by atoms with E-state index in [1.165, 1.54) is 6.92 Å². The number of rotatable bonds is 2. The molecule has 3 atom stereocenters. The molecule has 0 bridgehead atoms. The predicted molar refractivity (Wildman–Crippen MR) is 125 cm³/mol. The van der Waals surface area contributed by atoms with Crippen molar-refractivity contribution in [1.82, 2.24) is 5.48 Å². The van der Waals surface area contributed by atoms with E-state index in [1.54, 1.807) is 23.5 Å². The third-order valence-corrected chi connectivity index (χ3v) is 9.32. The fourth-order valence-corrected chi connectivity index (χ4v) is 6.16. The standard InChI is InChI=1S/C17H15I2N2O6PS/c1-12(22)26-15(6-4-2-3-5-9-29-28(18)19)10-17(23-7-8-24-17)13-16(11-25-20-13)14(15)27-21-16/h2-3,14,21H,7-8,10-11H2,1H3/b3-2-/t14-,15-,16+/m0/s1. The van der Waals surface area contributed by atoms with Crippen LogP contribution in [0.15, 0.2) is 17.3 Å². The molecule has 0 aromatic rings. The second-order valence-electron chi connectivity index (χ2n) is 6.54. The number of oxime groups is 1. The summed E-state index contributed by atoms with van der Waals surface area (Å²) in [4.78, 5) is 22.9. The number of hydroxylamine groups is 1. The Labute approximate surface area is 199 Å². The van der Waals surface area contributed by atoms with Crippen LogP contribution in [0.3, 0.4) is 0 Å². The number of carbonyl (C=O) groups excluding carboxylic acids is 1. The van der Waals surface area contributed by atoms with Crippen LogP contribution in [0, 0.1) is 23.0 Å². The van der Waals surface area contributed by atoms with Crippen molar-refractivity contribution in [3.8, 4) is 23.0 Å². The molecule has 12 heteroatoms. The lowest BCUT2D eigenvalue weighted by atomic mass is 9.65. The largest absolute Gasteiger partial charge is 0.443 e. The molecule has 1 N–H and O–H groups in total. The highest BCUT2D eigenvalue weighted by atomic mass is 127. The summed E-state index contributed by atoms with van der Waals surface area (Å²) in [6.07, 6.45) is 2.81. The summed E-state index contributed by atoms with van der Waals surface area (Å²) in [6, 6.07) is 0. The molecule has 3 aliphatic heterocycles. The number of esters is 1. The van der Waals surface area contributed by atoms with Gasteiger partial charge in [0.25, 0.3) is 0 Å². The molecule has 3 heterocycles. The smallest absolute Gasteiger partial charge is 0.304 e. The number of nitrogens with one attached hydrogen (secondary N) is 1. The highest BCUT2D eigenvalue weighted by molar-refractivity contribution is 14.3. The molecule has 0 aromatic heterocycles. The van der Waals surface area contributed by atoms with Crippen molar-refractivity contribution in [2.75, 3.05) is 19.8 Å². The molecule has 1 saturated carbocycles. The average molecular weight is 660 g/mol. The molecule has 0 unspecified atom stereocenters. The molecule has 1 aliphatic carbocycles. The number of halogens is 2. The first-order valence-corrected chi connectivity index (χ1v) is 16.8. The van der Waals surface area contributed by atoms with E-state index in [1.807, 2.05) is 0 Å². The van der Waals surface area contributed by atoms with Gasteiger partial charge in [-0.1, -0.05) is 17.0 Å². The lowest BCUT2D eigenvalue weighted by molar-refractivity contribution is -0.295. The quantitative estimate of drug-likeness (QED) is 0.210.